The van der Waals surface area contributed by atoms with Crippen LogP contribution in [-0.4, -0.2) is 23.5 Å². The Bertz CT molecular complexity index is 504. The van der Waals surface area contributed by atoms with Gasteiger partial charge >= 0.3 is 0 Å². The van der Waals surface area contributed by atoms with Crippen LogP contribution in [0, 0.1) is 10.1 Å². The largest absolute Gasteiger partial charge is 0.352 e. The molecule has 1 unspecified atom stereocenters. The predicted octanol–water partition coefficient (Wildman–Crippen LogP) is 1.69. The quantitative estimate of drug-likeness (QED) is 0.646. The molecule has 7 heteroatoms. The fourth-order valence-electron chi connectivity index (χ4n) is 1.65. The summed E-state index contributed by atoms with van der Waals surface area (Å²) in [6.07, 6.45) is 0. The van der Waals surface area contributed by atoms with E-state index in [1.165, 1.54) is 18.2 Å². The third-order valence-corrected chi connectivity index (χ3v) is 2.96. The van der Waals surface area contributed by atoms with E-state index < -0.39 is 4.92 Å². The highest BCUT2D eigenvalue weighted by Gasteiger charge is 2.13. The van der Waals surface area contributed by atoms with E-state index in [0.29, 0.717) is 29.1 Å². The number of non-ortho nitro benzene ring substituents is 1. The average molecular weight is 269 g/mol. The van der Waals surface area contributed by atoms with E-state index in [0.717, 1.165) is 6.54 Å². The van der Waals surface area contributed by atoms with Crippen LogP contribution in [0.4, 0.5) is 5.69 Å². The van der Waals surface area contributed by atoms with E-state index >= 15 is 0 Å². The normalized spacial score (nSPS) is 18.1. The number of benzene rings is 1. The highest BCUT2D eigenvalue weighted by molar-refractivity contribution is 6.31. The van der Waals surface area contributed by atoms with E-state index in [-0.39, 0.29) is 5.69 Å². The van der Waals surface area contributed by atoms with Gasteiger partial charge in [0.15, 0.2) is 5.96 Å². The van der Waals surface area contributed by atoms with Crippen molar-refractivity contribution in [1.29, 1.82) is 0 Å². The molecule has 1 aromatic carbocycles. The lowest BCUT2D eigenvalue weighted by Crippen LogP contribution is -2.37. The third-order valence-electron chi connectivity index (χ3n) is 2.59. The number of hydrogen-bond acceptors (Lipinski definition) is 5. The van der Waals surface area contributed by atoms with Crippen molar-refractivity contribution in [1.82, 2.24) is 10.6 Å². The molecular weight excluding hydrogens is 256 g/mol. The number of aliphatic imine (C=N–C) groups is 1. The minimum absolute atomic E-state index is 0.0332. The Balaban J connectivity index is 2.04. The van der Waals surface area contributed by atoms with Crippen LogP contribution >= 0.6 is 11.6 Å². The summed E-state index contributed by atoms with van der Waals surface area (Å²) in [5.41, 5.74) is 0.709. The lowest BCUT2D eigenvalue weighted by molar-refractivity contribution is -0.384. The minimum atomic E-state index is -0.437. The molecule has 1 aliphatic heterocycles. The number of hydrogen-bond donors (Lipinski definition) is 2. The molecule has 0 fully saturated rings. The number of halogens is 1. The Morgan fingerprint density at radius 2 is 2.44 bits per heavy atom. The molecule has 0 spiro atoms. The van der Waals surface area contributed by atoms with E-state index in [1.807, 2.05) is 6.92 Å². The fraction of sp³-hybridized carbons (Fsp3) is 0.364. The summed E-state index contributed by atoms with van der Waals surface area (Å²) in [5, 5.41) is 17.4. The smallest absolute Gasteiger partial charge is 0.269 e. The molecule has 0 amide bonds. The molecule has 1 atom stereocenters. The summed E-state index contributed by atoms with van der Waals surface area (Å²) in [5.74, 6) is 0.699. The summed E-state index contributed by atoms with van der Waals surface area (Å²) in [6, 6.07) is 4.70. The van der Waals surface area contributed by atoms with Crippen LogP contribution in [0.2, 0.25) is 5.02 Å². The molecule has 18 heavy (non-hydrogen) atoms. The van der Waals surface area contributed by atoms with Gasteiger partial charge in [0.2, 0.25) is 0 Å². The lowest BCUT2D eigenvalue weighted by Gasteiger charge is -2.09. The lowest BCUT2D eigenvalue weighted by atomic mass is 10.2. The van der Waals surface area contributed by atoms with Gasteiger partial charge < -0.3 is 10.6 Å². The SMILES string of the molecule is CC1CN=C(NCc2cc([N+](=O)[O-])ccc2Cl)N1. The average Bonchev–Trinajstić information content (AvgIpc) is 2.74. The van der Waals surface area contributed by atoms with Crippen LogP contribution < -0.4 is 10.6 Å². The number of nitrogens with zero attached hydrogens (tertiary/aromatic N) is 2. The Morgan fingerprint density at radius 1 is 1.67 bits per heavy atom. The maximum absolute atomic E-state index is 10.7. The van der Waals surface area contributed by atoms with Crippen LogP contribution in [0.25, 0.3) is 0 Å². The Kier molecular flexibility index (Phi) is 3.66. The van der Waals surface area contributed by atoms with Gasteiger partial charge in [-0.1, -0.05) is 11.6 Å². The highest BCUT2D eigenvalue weighted by atomic mass is 35.5. The molecule has 96 valence electrons. The fourth-order valence-corrected chi connectivity index (χ4v) is 1.83. The summed E-state index contributed by atoms with van der Waals surface area (Å²) < 4.78 is 0. The molecule has 2 N–H and O–H groups in total. The first-order chi connectivity index (χ1) is 8.56. The summed E-state index contributed by atoms with van der Waals surface area (Å²) >= 11 is 5.99. The van der Waals surface area contributed by atoms with Crippen molar-refractivity contribution in [2.75, 3.05) is 6.54 Å². The summed E-state index contributed by atoms with van der Waals surface area (Å²) in [7, 11) is 0. The first-order valence-corrected chi connectivity index (χ1v) is 5.91. The molecule has 0 radical (unpaired) electrons. The molecule has 1 aliphatic rings. The minimum Gasteiger partial charge on any atom is -0.352 e. The zero-order valence-electron chi connectivity index (χ0n) is 9.81. The van der Waals surface area contributed by atoms with Gasteiger partial charge in [0, 0.05) is 29.7 Å². The first-order valence-electron chi connectivity index (χ1n) is 5.54. The third kappa shape index (κ3) is 2.89. The van der Waals surface area contributed by atoms with E-state index in [9.17, 15) is 10.1 Å². The number of guanidine groups is 1. The number of nitro groups is 1. The highest BCUT2D eigenvalue weighted by Crippen LogP contribution is 2.21. The van der Waals surface area contributed by atoms with E-state index in [1.54, 1.807) is 0 Å². The van der Waals surface area contributed by atoms with Crippen molar-refractivity contribution in [3.63, 3.8) is 0 Å². The second-order valence-corrected chi connectivity index (χ2v) is 4.53. The first kappa shape index (κ1) is 12.6. The predicted molar refractivity (Wildman–Crippen MR) is 69.8 cm³/mol. The van der Waals surface area contributed by atoms with Crippen LogP contribution in [0.15, 0.2) is 23.2 Å². The molecule has 0 aliphatic carbocycles. The molecule has 0 saturated carbocycles. The topological polar surface area (TPSA) is 79.6 Å². The number of rotatable bonds is 3. The van der Waals surface area contributed by atoms with Crippen molar-refractivity contribution in [3.05, 3.63) is 38.9 Å². The summed E-state index contributed by atoms with van der Waals surface area (Å²) in [6.45, 7) is 3.16. The second kappa shape index (κ2) is 5.22. The molecule has 2 rings (SSSR count). The van der Waals surface area contributed by atoms with Crippen LogP contribution in [0.5, 0.6) is 0 Å². The monoisotopic (exact) mass is 268 g/mol. The maximum Gasteiger partial charge on any atom is 0.269 e. The zero-order chi connectivity index (χ0) is 13.1. The van der Waals surface area contributed by atoms with Crippen LogP contribution in [0.3, 0.4) is 0 Å². The standard InChI is InChI=1S/C11H13ClN4O2/c1-7-5-13-11(15-7)14-6-8-4-9(16(17)18)2-3-10(8)12/h2-4,7H,5-6H2,1H3,(H2,13,14,15). The van der Waals surface area contributed by atoms with E-state index in [2.05, 4.69) is 15.6 Å². The number of nitrogens with one attached hydrogen (secondary N) is 2. The van der Waals surface area contributed by atoms with Gasteiger partial charge in [-0.05, 0) is 18.6 Å². The summed E-state index contributed by atoms with van der Waals surface area (Å²) in [4.78, 5) is 14.5. The molecule has 0 saturated heterocycles. The van der Waals surface area contributed by atoms with Crippen LogP contribution in [0.1, 0.15) is 12.5 Å². The van der Waals surface area contributed by atoms with E-state index in [4.69, 9.17) is 11.6 Å². The zero-order valence-corrected chi connectivity index (χ0v) is 10.6. The molecule has 1 aromatic rings. The van der Waals surface area contributed by atoms with Crippen LogP contribution in [-0.2, 0) is 6.54 Å². The molecule has 6 nitrogen and oxygen atoms in total. The molecular formula is C11H13ClN4O2. The van der Waals surface area contributed by atoms with Gasteiger partial charge in [0.05, 0.1) is 11.5 Å². The Labute approximate surface area is 109 Å². The van der Waals surface area contributed by atoms with Crippen molar-refractivity contribution < 1.29 is 4.92 Å². The van der Waals surface area contributed by atoms with Crippen molar-refractivity contribution in [3.8, 4) is 0 Å². The Hall–Kier alpha value is -1.82. The second-order valence-electron chi connectivity index (χ2n) is 4.12. The van der Waals surface area contributed by atoms with Crippen molar-refractivity contribution >= 4 is 23.2 Å². The van der Waals surface area contributed by atoms with Gasteiger partial charge in [-0.25, -0.2) is 0 Å². The van der Waals surface area contributed by atoms with Gasteiger partial charge in [0.25, 0.3) is 5.69 Å². The maximum atomic E-state index is 10.7. The number of nitro benzene ring substituents is 1. The molecule has 1 heterocycles. The van der Waals surface area contributed by atoms with Crippen molar-refractivity contribution in [2.24, 2.45) is 4.99 Å². The molecule has 0 aromatic heterocycles. The van der Waals surface area contributed by atoms with Gasteiger partial charge in [-0.2, -0.15) is 0 Å². The van der Waals surface area contributed by atoms with Gasteiger partial charge in [-0.15, -0.1) is 0 Å². The Morgan fingerprint density at radius 3 is 3.06 bits per heavy atom. The molecule has 0 bridgehead atoms. The van der Waals surface area contributed by atoms with Gasteiger partial charge in [-0.3, -0.25) is 15.1 Å². The van der Waals surface area contributed by atoms with Gasteiger partial charge in [0.1, 0.15) is 0 Å². The van der Waals surface area contributed by atoms with Crippen molar-refractivity contribution in [2.45, 2.75) is 19.5 Å².